The molecular weight excluding hydrogens is 194 g/mol. The molecule has 0 radical (unpaired) electrons. The third kappa shape index (κ3) is 1.61. The topological polar surface area (TPSA) is 46.6 Å². The fourth-order valence-electron chi connectivity index (χ4n) is 1.34. The van der Waals surface area contributed by atoms with Crippen molar-refractivity contribution in [3.8, 4) is 0 Å². The first kappa shape index (κ1) is 9.45. The van der Waals surface area contributed by atoms with Crippen molar-refractivity contribution in [2.45, 2.75) is 0 Å². The predicted octanol–water partition coefficient (Wildman–Crippen LogP) is 1.79. The molecule has 2 rings (SSSR count). The van der Waals surface area contributed by atoms with Gasteiger partial charge >= 0.3 is 6.09 Å². The summed E-state index contributed by atoms with van der Waals surface area (Å²) < 4.78 is 4.69. The van der Waals surface area contributed by atoms with Gasteiger partial charge in [-0.15, -0.1) is 0 Å². The zero-order valence-corrected chi connectivity index (χ0v) is 7.97. The highest BCUT2D eigenvalue weighted by Crippen LogP contribution is 2.17. The fraction of sp³-hybridized carbons (Fsp3) is 0.0909. The largest absolute Gasteiger partial charge is 0.442 e. The Labute approximate surface area is 86.8 Å². The lowest BCUT2D eigenvalue weighted by Crippen LogP contribution is -2.29. The molecule has 15 heavy (non-hydrogen) atoms. The van der Waals surface area contributed by atoms with Crippen LogP contribution in [0.5, 0.6) is 0 Å². The SMILES string of the molecule is C=C1COC(=O)N1C(=O)c1ccccc1. The summed E-state index contributed by atoms with van der Waals surface area (Å²) in [6, 6.07) is 8.55. The molecule has 0 atom stereocenters. The lowest BCUT2D eigenvalue weighted by atomic mass is 10.2. The molecule has 4 heteroatoms. The van der Waals surface area contributed by atoms with Crippen LogP contribution in [-0.2, 0) is 4.74 Å². The summed E-state index contributed by atoms with van der Waals surface area (Å²) >= 11 is 0. The molecule has 0 saturated carbocycles. The lowest BCUT2D eigenvalue weighted by Gasteiger charge is -2.11. The first-order valence-electron chi connectivity index (χ1n) is 4.44. The molecule has 0 spiro atoms. The fourth-order valence-corrected chi connectivity index (χ4v) is 1.34. The van der Waals surface area contributed by atoms with Crippen LogP contribution in [0.1, 0.15) is 10.4 Å². The first-order valence-corrected chi connectivity index (χ1v) is 4.44. The van der Waals surface area contributed by atoms with E-state index >= 15 is 0 Å². The average Bonchev–Trinajstić information content (AvgIpc) is 2.59. The molecule has 1 heterocycles. The Morgan fingerprint density at radius 3 is 2.53 bits per heavy atom. The van der Waals surface area contributed by atoms with E-state index in [0.717, 1.165) is 4.90 Å². The molecule has 4 nitrogen and oxygen atoms in total. The quantitative estimate of drug-likeness (QED) is 0.699. The van der Waals surface area contributed by atoms with Crippen molar-refractivity contribution in [2.24, 2.45) is 0 Å². The molecule has 1 aliphatic rings. The molecule has 0 aromatic heterocycles. The van der Waals surface area contributed by atoms with Gasteiger partial charge in [-0.3, -0.25) is 4.79 Å². The van der Waals surface area contributed by atoms with Gasteiger partial charge in [-0.2, -0.15) is 0 Å². The number of cyclic esters (lactones) is 1. The van der Waals surface area contributed by atoms with E-state index in [1.54, 1.807) is 30.3 Å². The minimum atomic E-state index is -0.658. The number of nitrogens with zero attached hydrogens (tertiary/aromatic N) is 1. The van der Waals surface area contributed by atoms with Gasteiger partial charge in [0.2, 0.25) is 0 Å². The number of hydrogen-bond donors (Lipinski definition) is 0. The van der Waals surface area contributed by atoms with Gasteiger partial charge in [0.1, 0.15) is 6.61 Å². The summed E-state index contributed by atoms with van der Waals surface area (Å²) in [5.74, 6) is -0.400. The van der Waals surface area contributed by atoms with Crippen LogP contribution in [0.25, 0.3) is 0 Å². The average molecular weight is 203 g/mol. The van der Waals surface area contributed by atoms with Crippen molar-refractivity contribution >= 4 is 12.0 Å². The number of amides is 2. The van der Waals surface area contributed by atoms with E-state index in [0.29, 0.717) is 11.3 Å². The molecule has 76 valence electrons. The Morgan fingerprint density at radius 2 is 2.00 bits per heavy atom. The van der Waals surface area contributed by atoms with Gasteiger partial charge in [-0.1, -0.05) is 24.8 Å². The minimum absolute atomic E-state index is 0.0808. The summed E-state index contributed by atoms with van der Waals surface area (Å²) in [4.78, 5) is 24.0. The highest BCUT2D eigenvalue weighted by Gasteiger charge is 2.32. The number of benzene rings is 1. The molecule has 2 amide bonds. The molecule has 0 aliphatic carbocycles. The number of ether oxygens (including phenoxy) is 1. The second-order valence-electron chi connectivity index (χ2n) is 3.13. The van der Waals surface area contributed by atoms with E-state index in [1.165, 1.54) is 0 Å². The first-order chi connectivity index (χ1) is 7.20. The highest BCUT2D eigenvalue weighted by atomic mass is 16.6. The predicted molar refractivity (Wildman–Crippen MR) is 53.1 cm³/mol. The lowest BCUT2D eigenvalue weighted by molar-refractivity contribution is 0.0830. The van der Waals surface area contributed by atoms with Gasteiger partial charge in [0.25, 0.3) is 5.91 Å². The van der Waals surface area contributed by atoms with Crippen molar-refractivity contribution in [1.29, 1.82) is 0 Å². The molecule has 1 aliphatic heterocycles. The third-order valence-electron chi connectivity index (χ3n) is 2.08. The van der Waals surface area contributed by atoms with Crippen molar-refractivity contribution in [1.82, 2.24) is 4.90 Å². The van der Waals surface area contributed by atoms with Crippen LogP contribution in [0.15, 0.2) is 42.6 Å². The summed E-state index contributed by atoms with van der Waals surface area (Å²) in [5.41, 5.74) is 0.811. The smallest absolute Gasteiger partial charge is 0.421 e. The molecule has 0 unspecified atom stereocenters. The van der Waals surface area contributed by atoms with Gasteiger partial charge in [0.05, 0.1) is 5.70 Å². The van der Waals surface area contributed by atoms with Crippen molar-refractivity contribution < 1.29 is 14.3 Å². The molecule has 1 saturated heterocycles. The van der Waals surface area contributed by atoms with Crippen LogP contribution in [0.3, 0.4) is 0 Å². The molecule has 1 aromatic rings. The van der Waals surface area contributed by atoms with E-state index < -0.39 is 12.0 Å². The van der Waals surface area contributed by atoms with Crippen LogP contribution in [0.2, 0.25) is 0 Å². The van der Waals surface area contributed by atoms with Crippen LogP contribution >= 0.6 is 0 Å². The van der Waals surface area contributed by atoms with Crippen LogP contribution in [0, 0.1) is 0 Å². The van der Waals surface area contributed by atoms with E-state index in [9.17, 15) is 9.59 Å². The van der Waals surface area contributed by atoms with E-state index in [-0.39, 0.29) is 6.61 Å². The van der Waals surface area contributed by atoms with Gasteiger partial charge in [-0.25, -0.2) is 9.69 Å². The van der Waals surface area contributed by atoms with Crippen molar-refractivity contribution in [2.75, 3.05) is 6.61 Å². The maximum absolute atomic E-state index is 11.8. The van der Waals surface area contributed by atoms with E-state index in [2.05, 4.69) is 11.3 Å². The monoisotopic (exact) mass is 203 g/mol. The molecule has 1 fully saturated rings. The Bertz CT molecular complexity index is 409. The summed E-state index contributed by atoms with van der Waals surface area (Å²) in [7, 11) is 0. The molecular formula is C11H9NO3. The van der Waals surface area contributed by atoms with Crippen molar-refractivity contribution in [3.05, 3.63) is 48.2 Å². The van der Waals surface area contributed by atoms with Crippen LogP contribution in [-0.4, -0.2) is 23.5 Å². The normalized spacial score (nSPS) is 15.3. The zero-order valence-electron chi connectivity index (χ0n) is 7.97. The molecule has 0 N–H and O–H groups in total. The maximum Gasteiger partial charge on any atom is 0.421 e. The number of carbonyl (C=O) groups excluding carboxylic acids is 2. The molecule has 1 aromatic carbocycles. The van der Waals surface area contributed by atoms with Gasteiger partial charge in [0.15, 0.2) is 0 Å². The highest BCUT2D eigenvalue weighted by molar-refractivity contribution is 6.05. The van der Waals surface area contributed by atoms with E-state index in [4.69, 9.17) is 0 Å². The number of rotatable bonds is 1. The van der Waals surface area contributed by atoms with Crippen LogP contribution < -0.4 is 0 Å². The van der Waals surface area contributed by atoms with Gasteiger partial charge < -0.3 is 4.74 Å². The van der Waals surface area contributed by atoms with Crippen LogP contribution in [0.4, 0.5) is 4.79 Å². The third-order valence-corrected chi connectivity index (χ3v) is 2.08. The minimum Gasteiger partial charge on any atom is -0.442 e. The maximum atomic E-state index is 11.8. The molecule has 0 bridgehead atoms. The second-order valence-corrected chi connectivity index (χ2v) is 3.13. The standard InChI is InChI=1S/C11H9NO3/c1-8-7-15-11(14)12(8)10(13)9-5-3-2-4-6-9/h2-6H,1,7H2. The Kier molecular flexibility index (Phi) is 2.25. The van der Waals surface area contributed by atoms with Gasteiger partial charge in [-0.05, 0) is 12.1 Å². The van der Waals surface area contributed by atoms with E-state index in [1.807, 2.05) is 0 Å². The summed E-state index contributed by atoms with van der Waals surface area (Å²) in [5, 5.41) is 0. The van der Waals surface area contributed by atoms with Crippen molar-refractivity contribution in [3.63, 3.8) is 0 Å². The summed E-state index contributed by atoms with van der Waals surface area (Å²) in [6.07, 6.45) is -0.658. The van der Waals surface area contributed by atoms with Gasteiger partial charge in [0, 0.05) is 5.56 Å². The Balaban J connectivity index is 2.29. The second kappa shape index (κ2) is 3.57. The number of hydrogen-bond acceptors (Lipinski definition) is 3. The number of carbonyl (C=O) groups is 2. The Morgan fingerprint density at radius 1 is 1.33 bits per heavy atom. The Hall–Kier alpha value is -2.10. The number of imide groups is 1. The summed E-state index contributed by atoms with van der Waals surface area (Å²) in [6.45, 7) is 3.67. The zero-order chi connectivity index (χ0) is 10.8.